The summed E-state index contributed by atoms with van der Waals surface area (Å²) in [5, 5.41) is 0. The molecule has 0 aliphatic carbocycles. The van der Waals surface area contributed by atoms with Crippen molar-refractivity contribution in [2.75, 3.05) is 21.3 Å². The number of pyridine rings is 1. The van der Waals surface area contributed by atoms with Crippen molar-refractivity contribution >= 4 is 0 Å². The van der Waals surface area contributed by atoms with E-state index >= 15 is 0 Å². The van der Waals surface area contributed by atoms with E-state index in [0.29, 0.717) is 5.69 Å². The number of rotatable bonds is 5. The van der Waals surface area contributed by atoms with Gasteiger partial charge in [-0.15, -0.1) is 12.1 Å². The Morgan fingerprint density at radius 1 is 1.17 bits per heavy atom. The molecule has 1 aromatic carbocycles. The average molecular weight is 502 g/mol. The van der Waals surface area contributed by atoms with E-state index < -0.39 is 11.6 Å². The molecular formula is C16H17F2N2O2Pt-3. The van der Waals surface area contributed by atoms with Crippen molar-refractivity contribution in [1.29, 1.82) is 0 Å². The van der Waals surface area contributed by atoms with Crippen molar-refractivity contribution in [2.24, 2.45) is 0 Å². The van der Waals surface area contributed by atoms with E-state index in [1.54, 1.807) is 43.5 Å². The van der Waals surface area contributed by atoms with Gasteiger partial charge in [-0.3, -0.25) is 8.78 Å². The van der Waals surface area contributed by atoms with Crippen LogP contribution >= 0.6 is 0 Å². The van der Waals surface area contributed by atoms with Crippen molar-refractivity contribution in [2.45, 2.75) is 0 Å². The fourth-order valence-corrected chi connectivity index (χ4v) is 1.51. The van der Waals surface area contributed by atoms with Gasteiger partial charge in [-0.1, -0.05) is 30.8 Å². The van der Waals surface area contributed by atoms with Crippen LogP contribution in [0.5, 0.6) is 0 Å². The first-order chi connectivity index (χ1) is 10.6. The van der Waals surface area contributed by atoms with Gasteiger partial charge in [0, 0.05) is 53.1 Å². The largest absolute Gasteiger partial charge is 0.566 e. The van der Waals surface area contributed by atoms with Crippen LogP contribution < -0.4 is 0 Å². The number of nitrogens with zero attached hydrogens (tertiary/aromatic N) is 2. The van der Waals surface area contributed by atoms with E-state index in [2.05, 4.69) is 20.5 Å². The van der Waals surface area contributed by atoms with Crippen LogP contribution in [0.25, 0.3) is 11.3 Å². The summed E-state index contributed by atoms with van der Waals surface area (Å²) >= 11 is 0. The second kappa shape index (κ2) is 12.2. The van der Waals surface area contributed by atoms with E-state index in [-0.39, 0.29) is 26.6 Å². The predicted molar refractivity (Wildman–Crippen MR) is 78.8 cm³/mol. The zero-order valence-corrected chi connectivity index (χ0v) is 15.2. The minimum atomic E-state index is -0.649. The molecule has 0 saturated carbocycles. The van der Waals surface area contributed by atoms with Gasteiger partial charge in [-0.25, -0.2) is 0 Å². The molecule has 0 aliphatic heterocycles. The molecule has 4 nitrogen and oxygen atoms in total. The van der Waals surface area contributed by atoms with Gasteiger partial charge in [0.15, 0.2) is 0 Å². The molecule has 0 spiro atoms. The van der Waals surface area contributed by atoms with E-state index in [4.69, 9.17) is 0 Å². The molecule has 0 unspecified atom stereocenters. The van der Waals surface area contributed by atoms with Gasteiger partial charge < -0.3 is 19.4 Å². The van der Waals surface area contributed by atoms with E-state index in [9.17, 15) is 8.78 Å². The summed E-state index contributed by atoms with van der Waals surface area (Å²) < 4.78 is 35.1. The molecule has 2 rings (SSSR count). The molecule has 7 heteroatoms. The van der Waals surface area contributed by atoms with Crippen molar-refractivity contribution in [3.8, 4) is 11.3 Å². The fraction of sp³-hybridized carbons (Fsp3) is 0.188. The molecule has 0 aliphatic rings. The number of halogens is 2. The Kier molecular flexibility index (Phi) is 11.6. The Morgan fingerprint density at radius 2 is 1.83 bits per heavy atom. The molecule has 0 radical (unpaired) electrons. The topological polar surface area (TPSA) is 34.6 Å². The van der Waals surface area contributed by atoms with Crippen LogP contribution in [0, 0.1) is 31.2 Å². The Balaban J connectivity index is 0.000000469. The van der Waals surface area contributed by atoms with Crippen LogP contribution in [0.4, 0.5) is 8.78 Å². The molecule has 23 heavy (non-hydrogen) atoms. The zero-order chi connectivity index (χ0) is 16.4. The van der Waals surface area contributed by atoms with E-state index in [0.717, 1.165) is 12.1 Å². The SMILES string of the molecule is CO[CH-]N(C)[CH-]OC.Fc1c[c-]c(-c2ccccn2)c(F)c1.[Pt]. The van der Waals surface area contributed by atoms with Crippen LogP contribution in [0.2, 0.25) is 0 Å². The number of aromatic nitrogens is 1. The maximum atomic E-state index is 13.2. The first kappa shape index (κ1) is 21.8. The van der Waals surface area contributed by atoms with Gasteiger partial charge in [-0.05, 0) is 11.8 Å². The zero-order valence-electron chi connectivity index (χ0n) is 12.9. The average Bonchev–Trinajstić information content (AvgIpc) is 2.49. The number of methoxy groups -OCH3 is 2. The summed E-state index contributed by atoms with van der Waals surface area (Å²) in [6.45, 7) is 3.06. The quantitative estimate of drug-likeness (QED) is 0.589. The molecule has 2 aromatic rings. The number of hydrogen-bond acceptors (Lipinski definition) is 4. The van der Waals surface area contributed by atoms with Crippen molar-refractivity contribution in [3.63, 3.8) is 0 Å². The van der Waals surface area contributed by atoms with Crippen LogP contribution in [-0.2, 0) is 30.5 Å². The smallest absolute Gasteiger partial charge is 0.0408 e. The van der Waals surface area contributed by atoms with Gasteiger partial charge in [0.05, 0.1) is 0 Å². The molecule has 1 aromatic heterocycles. The second-order valence-electron chi connectivity index (χ2n) is 4.10. The van der Waals surface area contributed by atoms with Crippen LogP contribution in [0.3, 0.4) is 0 Å². The third-order valence-corrected chi connectivity index (χ3v) is 2.32. The van der Waals surface area contributed by atoms with Crippen LogP contribution in [-0.4, -0.2) is 31.2 Å². The molecule has 0 N–H and O–H groups in total. The molecule has 0 amide bonds. The van der Waals surface area contributed by atoms with Crippen LogP contribution in [0.15, 0.2) is 36.5 Å². The minimum absolute atomic E-state index is 0. The monoisotopic (exact) mass is 502 g/mol. The minimum Gasteiger partial charge on any atom is -0.566 e. The molecule has 0 atom stereocenters. The van der Waals surface area contributed by atoms with Gasteiger partial charge in [-0.2, -0.15) is 13.5 Å². The van der Waals surface area contributed by atoms with Crippen molar-refractivity contribution in [3.05, 3.63) is 67.7 Å². The third kappa shape index (κ3) is 8.28. The van der Waals surface area contributed by atoms with Gasteiger partial charge in [0.25, 0.3) is 0 Å². The summed E-state index contributed by atoms with van der Waals surface area (Å²) in [5.74, 6) is -1.29. The molecule has 130 valence electrons. The molecule has 1 heterocycles. The summed E-state index contributed by atoms with van der Waals surface area (Å²) in [6, 6.07) is 9.53. The Bertz CT molecular complexity index is 553. The first-order valence-corrected chi connectivity index (χ1v) is 6.30. The Morgan fingerprint density at radius 3 is 2.30 bits per heavy atom. The number of benzene rings is 1. The second-order valence-corrected chi connectivity index (χ2v) is 4.10. The maximum absolute atomic E-state index is 13.2. The van der Waals surface area contributed by atoms with Gasteiger partial charge in [0.2, 0.25) is 0 Å². The fourth-order valence-electron chi connectivity index (χ4n) is 1.51. The standard InChI is InChI=1S/C11H6F2N.C5H11NO2.Pt/c12-8-4-5-9(10(13)7-8)11-3-1-2-6-14-11;1-6(4-7-2)5-8-3;/h1-4,6-7H;4-5H,1-3H3;/q-1;-2;. The summed E-state index contributed by atoms with van der Waals surface area (Å²) in [5.41, 5.74) is 0.636. The number of ether oxygens (including phenoxy) is 2. The third-order valence-electron chi connectivity index (χ3n) is 2.32. The van der Waals surface area contributed by atoms with Crippen molar-refractivity contribution in [1.82, 2.24) is 9.88 Å². The maximum Gasteiger partial charge on any atom is 0.0408 e. The summed E-state index contributed by atoms with van der Waals surface area (Å²) in [6.07, 6.45) is 1.55. The molecule has 0 bridgehead atoms. The normalized spacial score (nSPS) is 9.83. The molecule has 0 fully saturated rings. The van der Waals surface area contributed by atoms with E-state index in [1.165, 1.54) is 13.5 Å². The summed E-state index contributed by atoms with van der Waals surface area (Å²) in [4.78, 5) is 5.61. The first-order valence-electron chi connectivity index (χ1n) is 6.30. The van der Waals surface area contributed by atoms with Gasteiger partial charge in [0.1, 0.15) is 0 Å². The number of hydrogen-bond donors (Lipinski definition) is 0. The Labute approximate surface area is 149 Å². The summed E-state index contributed by atoms with van der Waals surface area (Å²) in [7, 11) is 4.98. The molecule has 0 saturated heterocycles. The Hall–Kier alpha value is -1.20. The van der Waals surface area contributed by atoms with Crippen molar-refractivity contribution < 1.29 is 39.3 Å². The predicted octanol–water partition coefficient (Wildman–Crippen LogP) is 3.27. The molecular weight excluding hydrogens is 485 g/mol. The van der Waals surface area contributed by atoms with E-state index in [1.807, 2.05) is 7.05 Å². The van der Waals surface area contributed by atoms with Gasteiger partial charge >= 0.3 is 0 Å². The van der Waals surface area contributed by atoms with Crippen LogP contribution in [0.1, 0.15) is 0 Å².